The Balaban J connectivity index is 1.85. The van der Waals surface area contributed by atoms with E-state index in [0.29, 0.717) is 11.6 Å². The Hall–Kier alpha value is -1.90. The van der Waals surface area contributed by atoms with Gasteiger partial charge in [-0.3, -0.25) is 9.48 Å². The molecule has 1 aromatic carbocycles. The summed E-state index contributed by atoms with van der Waals surface area (Å²) in [6, 6.07) is 10.1. The summed E-state index contributed by atoms with van der Waals surface area (Å²) in [6.07, 6.45) is 4.76. The van der Waals surface area contributed by atoms with Crippen LogP contribution in [0.1, 0.15) is 66.3 Å². The molecule has 110 valence electrons. The van der Waals surface area contributed by atoms with Crippen molar-refractivity contribution in [2.45, 2.75) is 52.0 Å². The van der Waals surface area contributed by atoms with Crippen molar-refractivity contribution in [3.63, 3.8) is 0 Å². The molecular weight excluding hydrogens is 260 g/mol. The standard InChI is InChI=1S/C18H22N2O/c1-3-16-12-17(20(4-2)19-16)18(21)15-10-8-14(9-11-15)13-6-5-7-13/h8-13H,3-7H2,1-2H3. The molecular formula is C18H22N2O. The minimum atomic E-state index is 0.0733. The van der Waals surface area contributed by atoms with E-state index in [1.54, 1.807) is 4.68 Å². The maximum Gasteiger partial charge on any atom is 0.211 e. The molecule has 0 atom stereocenters. The van der Waals surface area contributed by atoms with Gasteiger partial charge in [-0.2, -0.15) is 5.10 Å². The number of carbonyl (C=O) groups excluding carboxylic acids is 1. The van der Waals surface area contributed by atoms with E-state index in [9.17, 15) is 4.79 Å². The van der Waals surface area contributed by atoms with Crippen LogP contribution in [0, 0.1) is 0 Å². The van der Waals surface area contributed by atoms with Crippen LogP contribution in [-0.2, 0) is 13.0 Å². The van der Waals surface area contributed by atoms with Gasteiger partial charge in [-0.05, 0) is 43.7 Å². The number of hydrogen-bond donors (Lipinski definition) is 0. The highest BCUT2D eigenvalue weighted by atomic mass is 16.1. The van der Waals surface area contributed by atoms with E-state index in [2.05, 4.69) is 24.2 Å². The monoisotopic (exact) mass is 282 g/mol. The fourth-order valence-electron chi connectivity index (χ4n) is 2.86. The lowest BCUT2D eigenvalue weighted by atomic mass is 9.80. The van der Waals surface area contributed by atoms with E-state index in [4.69, 9.17) is 0 Å². The van der Waals surface area contributed by atoms with Crippen molar-refractivity contribution in [3.8, 4) is 0 Å². The van der Waals surface area contributed by atoms with Crippen LogP contribution in [0.3, 0.4) is 0 Å². The van der Waals surface area contributed by atoms with Crippen molar-refractivity contribution in [1.82, 2.24) is 9.78 Å². The minimum absolute atomic E-state index is 0.0733. The van der Waals surface area contributed by atoms with Crippen LogP contribution in [0.4, 0.5) is 0 Å². The molecule has 3 nitrogen and oxygen atoms in total. The fraction of sp³-hybridized carbons (Fsp3) is 0.444. The molecule has 1 saturated carbocycles. The smallest absolute Gasteiger partial charge is 0.211 e. The Bertz CT molecular complexity index is 636. The summed E-state index contributed by atoms with van der Waals surface area (Å²) in [4.78, 5) is 12.7. The summed E-state index contributed by atoms with van der Waals surface area (Å²) in [6.45, 7) is 4.80. The summed E-state index contributed by atoms with van der Waals surface area (Å²) in [5.74, 6) is 0.784. The van der Waals surface area contributed by atoms with Crippen LogP contribution < -0.4 is 0 Å². The predicted molar refractivity (Wildman–Crippen MR) is 83.7 cm³/mol. The lowest BCUT2D eigenvalue weighted by Gasteiger charge is -2.25. The summed E-state index contributed by atoms with van der Waals surface area (Å²) in [5.41, 5.74) is 3.81. The molecule has 1 aliphatic carbocycles. The van der Waals surface area contributed by atoms with Gasteiger partial charge in [0.25, 0.3) is 0 Å². The molecule has 1 fully saturated rings. The molecule has 0 saturated heterocycles. The largest absolute Gasteiger partial charge is 0.287 e. The summed E-state index contributed by atoms with van der Waals surface area (Å²) in [7, 11) is 0. The molecule has 1 aliphatic rings. The number of carbonyl (C=O) groups is 1. The fourth-order valence-corrected chi connectivity index (χ4v) is 2.86. The number of rotatable bonds is 5. The third-order valence-corrected chi connectivity index (χ3v) is 4.47. The van der Waals surface area contributed by atoms with Gasteiger partial charge in [-0.15, -0.1) is 0 Å². The van der Waals surface area contributed by atoms with Gasteiger partial charge < -0.3 is 0 Å². The first-order valence-corrected chi connectivity index (χ1v) is 7.94. The maximum atomic E-state index is 12.7. The van der Waals surface area contributed by atoms with Crippen molar-refractivity contribution >= 4 is 5.78 Å². The lowest BCUT2D eigenvalue weighted by molar-refractivity contribution is 0.102. The number of benzene rings is 1. The molecule has 21 heavy (non-hydrogen) atoms. The SMILES string of the molecule is CCc1cc(C(=O)c2ccc(C3CCC3)cc2)n(CC)n1. The Labute approximate surface area is 126 Å². The van der Waals surface area contributed by atoms with Gasteiger partial charge in [0.15, 0.2) is 0 Å². The van der Waals surface area contributed by atoms with Crippen LogP contribution in [0.25, 0.3) is 0 Å². The van der Waals surface area contributed by atoms with Gasteiger partial charge in [0.1, 0.15) is 5.69 Å². The molecule has 3 heteroatoms. The zero-order chi connectivity index (χ0) is 14.8. The van der Waals surface area contributed by atoms with E-state index in [1.165, 1.54) is 24.8 Å². The van der Waals surface area contributed by atoms with E-state index in [-0.39, 0.29) is 5.78 Å². The number of ketones is 1. The highest BCUT2D eigenvalue weighted by Gasteiger charge is 2.20. The molecule has 0 radical (unpaired) electrons. The number of aromatic nitrogens is 2. The molecule has 2 aromatic rings. The topological polar surface area (TPSA) is 34.9 Å². The van der Waals surface area contributed by atoms with Crippen LogP contribution in [0.5, 0.6) is 0 Å². The van der Waals surface area contributed by atoms with Gasteiger partial charge >= 0.3 is 0 Å². The van der Waals surface area contributed by atoms with E-state index in [1.807, 2.05) is 25.1 Å². The highest BCUT2D eigenvalue weighted by Crippen LogP contribution is 2.36. The summed E-state index contributed by atoms with van der Waals surface area (Å²) >= 11 is 0. The normalized spacial score (nSPS) is 15.0. The van der Waals surface area contributed by atoms with Gasteiger partial charge in [0.2, 0.25) is 5.78 Å². The second kappa shape index (κ2) is 5.84. The molecule has 3 rings (SSSR count). The molecule has 1 aromatic heterocycles. The predicted octanol–water partition coefficient (Wildman–Crippen LogP) is 3.96. The van der Waals surface area contributed by atoms with E-state index < -0.39 is 0 Å². The Kier molecular flexibility index (Phi) is 3.91. The molecule has 0 N–H and O–H groups in total. The number of nitrogens with zero attached hydrogens (tertiary/aromatic N) is 2. The Morgan fingerprint density at radius 1 is 1.24 bits per heavy atom. The van der Waals surface area contributed by atoms with Crippen molar-refractivity contribution < 1.29 is 4.79 Å². The first-order chi connectivity index (χ1) is 10.2. The van der Waals surface area contributed by atoms with Crippen LogP contribution in [-0.4, -0.2) is 15.6 Å². The van der Waals surface area contributed by atoms with Crippen molar-refractivity contribution in [3.05, 3.63) is 52.8 Å². The number of aryl methyl sites for hydroxylation is 2. The van der Waals surface area contributed by atoms with Crippen LogP contribution in [0.2, 0.25) is 0 Å². The van der Waals surface area contributed by atoms with Gasteiger partial charge in [0, 0.05) is 12.1 Å². The van der Waals surface area contributed by atoms with Gasteiger partial charge in [-0.1, -0.05) is 37.6 Å². The van der Waals surface area contributed by atoms with Crippen molar-refractivity contribution in [2.75, 3.05) is 0 Å². The van der Waals surface area contributed by atoms with E-state index >= 15 is 0 Å². The van der Waals surface area contributed by atoms with Crippen LogP contribution >= 0.6 is 0 Å². The molecule has 0 bridgehead atoms. The van der Waals surface area contributed by atoms with Gasteiger partial charge in [0.05, 0.1) is 5.69 Å². The average Bonchev–Trinajstić information content (AvgIpc) is 2.89. The zero-order valence-corrected chi connectivity index (χ0v) is 12.8. The average molecular weight is 282 g/mol. The molecule has 0 aliphatic heterocycles. The third-order valence-electron chi connectivity index (χ3n) is 4.47. The maximum absolute atomic E-state index is 12.7. The zero-order valence-electron chi connectivity index (χ0n) is 12.8. The summed E-state index contributed by atoms with van der Waals surface area (Å²) < 4.78 is 1.81. The first-order valence-electron chi connectivity index (χ1n) is 7.94. The van der Waals surface area contributed by atoms with Crippen LogP contribution in [0.15, 0.2) is 30.3 Å². The summed E-state index contributed by atoms with van der Waals surface area (Å²) in [5, 5.41) is 4.46. The third kappa shape index (κ3) is 2.65. The van der Waals surface area contributed by atoms with Crippen molar-refractivity contribution in [1.29, 1.82) is 0 Å². The number of hydrogen-bond acceptors (Lipinski definition) is 2. The Morgan fingerprint density at radius 2 is 1.95 bits per heavy atom. The second-order valence-corrected chi connectivity index (χ2v) is 5.77. The lowest BCUT2D eigenvalue weighted by Crippen LogP contribution is -2.12. The quantitative estimate of drug-likeness (QED) is 0.778. The molecule has 0 amide bonds. The first kappa shape index (κ1) is 14.1. The molecule has 0 unspecified atom stereocenters. The second-order valence-electron chi connectivity index (χ2n) is 5.77. The molecule has 0 spiro atoms. The van der Waals surface area contributed by atoms with E-state index in [0.717, 1.165) is 24.2 Å². The minimum Gasteiger partial charge on any atom is -0.287 e. The highest BCUT2D eigenvalue weighted by molar-refractivity contribution is 6.08. The molecule has 1 heterocycles. The van der Waals surface area contributed by atoms with Gasteiger partial charge in [-0.25, -0.2) is 0 Å². The Morgan fingerprint density at radius 3 is 2.48 bits per heavy atom. The van der Waals surface area contributed by atoms with Crippen molar-refractivity contribution in [2.24, 2.45) is 0 Å².